The van der Waals surface area contributed by atoms with E-state index in [1.807, 2.05) is 6.08 Å². The zero-order valence-corrected chi connectivity index (χ0v) is 35.2. The number of amides is 1. The second-order valence-corrected chi connectivity index (χ2v) is 18.8. The van der Waals surface area contributed by atoms with Crippen LogP contribution < -0.4 is 10.1 Å². The van der Waals surface area contributed by atoms with E-state index in [9.17, 15) is 49.8 Å². The van der Waals surface area contributed by atoms with Crippen LogP contribution in [0.5, 0.6) is 17.2 Å². The maximum absolute atomic E-state index is 14.0. The van der Waals surface area contributed by atoms with Crippen LogP contribution in [-0.2, 0) is 45.0 Å². The quantitative estimate of drug-likeness (QED) is 0.0973. The molecule has 0 aromatic heterocycles. The van der Waals surface area contributed by atoms with Gasteiger partial charge in [0.05, 0.1) is 47.7 Å². The van der Waals surface area contributed by atoms with E-state index in [2.05, 4.69) is 5.32 Å². The van der Waals surface area contributed by atoms with Crippen molar-refractivity contribution in [2.45, 2.75) is 131 Å². The lowest BCUT2D eigenvalue weighted by Gasteiger charge is -2.62. The van der Waals surface area contributed by atoms with Gasteiger partial charge < -0.3 is 54.9 Å². The van der Waals surface area contributed by atoms with Gasteiger partial charge in [0.1, 0.15) is 42.2 Å². The van der Waals surface area contributed by atoms with Gasteiger partial charge in [-0.3, -0.25) is 14.4 Å². The Balaban J connectivity index is 0.853. The minimum atomic E-state index is -2.37. The molecule has 2 heterocycles. The van der Waals surface area contributed by atoms with Crippen LogP contribution in [0, 0.1) is 17.8 Å². The van der Waals surface area contributed by atoms with Crippen LogP contribution in [-0.4, -0.2) is 122 Å². The lowest BCUT2D eigenvalue weighted by molar-refractivity contribution is -0.673. The Morgan fingerprint density at radius 3 is 2.33 bits per heavy atom. The molecule has 7 N–H and O–H groups in total. The van der Waals surface area contributed by atoms with Crippen LogP contribution in [0.15, 0.2) is 29.8 Å². The Bertz CT molecular complexity index is 2320. The van der Waals surface area contributed by atoms with E-state index in [-0.39, 0.29) is 52.9 Å². The molecule has 2 aromatic rings. The summed E-state index contributed by atoms with van der Waals surface area (Å²) in [6.45, 7) is 0.123. The molecule has 9 aliphatic rings. The van der Waals surface area contributed by atoms with Gasteiger partial charge >= 0.3 is 6.09 Å². The number of alkyl carbamates (subject to hydrolysis) is 1. The van der Waals surface area contributed by atoms with E-state index < -0.39 is 119 Å². The number of hydrogen-bond donors (Lipinski definition) is 7. The number of allylic oxidation sites excluding steroid dienone is 1. The number of nitrogens with one attached hydrogen (secondary N) is 1. The van der Waals surface area contributed by atoms with Crippen LogP contribution >= 0.6 is 0 Å². The SMILES string of the molecule is COc1cccc2c1C(=O)c1c(O)c3c(c(O)c1C2=O)CC(O)(C(=O)CO)C[C@H]3O[C@@H]1CC(NC(=O)OCC2=CCCCC23OOC2(OO3)C3CC4CC2CC(O)(C4)C3)[C@@H](O)[C@@H](C)O1. The van der Waals surface area contributed by atoms with Crippen LogP contribution in [0.3, 0.4) is 0 Å². The van der Waals surface area contributed by atoms with Gasteiger partial charge in [0.2, 0.25) is 11.6 Å². The summed E-state index contributed by atoms with van der Waals surface area (Å²) in [6, 6.07) is 3.24. The second-order valence-electron chi connectivity index (χ2n) is 18.8. The van der Waals surface area contributed by atoms with E-state index in [0.29, 0.717) is 43.6 Å². The Morgan fingerprint density at radius 1 is 0.922 bits per heavy atom. The van der Waals surface area contributed by atoms with Crippen molar-refractivity contribution in [3.05, 3.63) is 63.2 Å². The van der Waals surface area contributed by atoms with Crippen molar-refractivity contribution in [2.75, 3.05) is 20.3 Å². The van der Waals surface area contributed by atoms with Gasteiger partial charge in [-0.2, -0.15) is 19.6 Å². The van der Waals surface area contributed by atoms with Gasteiger partial charge in [-0.1, -0.05) is 18.2 Å². The standard InChI is InChI=1S/C45H51NO18/c1-20-36(49)27(46-41(54)58-19-22-6-3-4-9-44(22)61-63-45(64-62-44)23-10-21-11-24(45)15-42(55,13-21)14-23)12-31(59-20)60-29-17-43(56,30(48)18-47)16-26-33(29)40(53)35-34(38(26)51)37(50)25-7-5-8-28(57-2)32(25)39(35)52/h5-8,20-21,23-24,27,29,31,36,47,49,51,53,55-56H,3-4,9-19H2,1-2H3,(H,46,54)/t20-,21?,23?,24?,27?,29-,31-,36+,42?,43?,44?,45?/m1/s1. The maximum atomic E-state index is 14.0. The first-order chi connectivity index (χ1) is 30.5. The van der Waals surface area contributed by atoms with Crippen molar-refractivity contribution < 1.29 is 88.3 Å². The highest BCUT2D eigenvalue weighted by atomic mass is 17.4. The second kappa shape index (κ2) is 15.5. The van der Waals surface area contributed by atoms with Gasteiger partial charge in [-0.15, -0.1) is 0 Å². The summed E-state index contributed by atoms with van der Waals surface area (Å²) in [6.07, 6.45) is -0.556. The van der Waals surface area contributed by atoms with E-state index in [1.165, 1.54) is 32.2 Å². The summed E-state index contributed by atoms with van der Waals surface area (Å²) >= 11 is 0. The molecule has 344 valence electrons. The summed E-state index contributed by atoms with van der Waals surface area (Å²) in [5.74, 6) is -6.62. The summed E-state index contributed by atoms with van der Waals surface area (Å²) in [7, 11) is 1.30. The molecule has 19 heteroatoms. The number of carbonyl (C=O) groups is 4. The lowest BCUT2D eigenvalue weighted by Crippen LogP contribution is -2.68. The van der Waals surface area contributed by atoms with Crippen LogP contribution in [0.1, 0.15) is 120 Å². The number of aromatic hydroxyl groups is 2. The Hall–Kier alpha value is -4.54. The molecule has 0 radical (unpaired) electrons. The highest BCUT2D eigenvalue weighted by Gasteiger charge is 2.68. The number of fused-ring (bicyclic) bond motifs is 3. The molecule has 4 saturated carbocycles. The fourth-order valence-electron chi connectivity index (χ4n) is 11.9. The largest absolute Gasteiger partial charge is 0.507 e. The van der Waals surface area contributed by atoms with E-state index in [1.54, 1.807) is 0 Å². The summed E-state index contributed by atoms with van der Waals surface area (Å²) in [4.78, 5) is 78.8. The predicted octanol–water partition coefficient (Wildman–Crippen LogP) is 2.75. The van der Waals surface area contributed by atoms with Crippen LogP contribution in [0.4, 0.5) is 4.79 Å². The molecular formula is C45H51NO18. The van der Waals surface area contributed by atoms with Crippen molar-refractivity contribution in [1.82, 2.24) is 5.32 Å². The van der Waals surface area contributed by atoms with Crippen molar-refractivity contribution in [2.24, 2.45) is 17.8 Å². The van der Waals surface area contributed by atoms with E-state index in [4.69, 9.17) is 38.5 Å². The molecule has 2 aromatic carbocycles. The third-order valence-electron chi connectivity index (χ3n) is 14.9. The molecule has 11 rings (SSSR count). The summed E-state index contributed by atoms with van der Waals surface area (Å²) in [5.41, 5.74) is -4.46. The first-order valence-corrected chi connectivity index (χ1v) is 21.8. The average molecular weight is 894 g/mol. The van der Waals surface area contributed by atoms with Crippen LogP contribution in [0.2, 0.25) is 0 Å². The average Bonchev–Trinajstić information content (AvgIpc) is 3.26. The number of carbonyl (C=O) groups excluding carboxylic acids is 4. The van der Waals surface area contributed by atoms with Crippen molar-refractivity contribution in [3.63, 3.8) is 0 Å². The number of ether oxygens (including phenoxy) is 4. The number of hydrogen-bond acceptors (Lipinski definition) is 18. The number of methoxy groups -OCH3 is 1. The molecule has 2 saturated heterocycles. The molecule has 7 aliphatic carbocycles. The normalized spacial score (nSPS) is 38.3. The van der Waals surface area contributed by atoms with Gasteiger partial charge in [-0.05, 0) is 63.9 Å². The Kier molecular flexibility index (Phi) is 10.5. The zero-order chi connectivity index (χ0) is 45.1. The van der Waals surface area contributed by atoms with E-state index in [0.717, 1.165) is 19.3 Å². The lowest BCUT2D eigenvalue weighted by atomic mass is 9.51. The minimum Gasteiger partial charge on any atom is -0.507 e. The number of aliphatic hydroxyl groups excluding tert-OH is 2. The van der Waals surface area contributed by atoms with E-state index >= 15 is 0 Å². The number of Topliss-reactive ketones (excluding diaryl/α,β-unsaturated/α-hetero) is 1. The zero-order valence-electron chi connectivity index (χ0n) is 35.2. The maximum Gasteiger partial charge on any atom is 0.407 e. The molecule has 4 bridgehead atoms. The van der Waals surface area contributed by atoms with Crippen molar-refractivity contribution in [3.8, 4) is 17.2 Å². The molecule has 2 aliphatic heterocycles. The molecule has 2 spiro atoms. The first-order valence-electron chi connectivity index (χ1n) is 21.8. The molecule has 1 amide bonds. The predicted molar refractivity (Wildman–Crippen MR) is 212 cm³/mol. The number of benzene rings is 2. The Morgan fingerprint density at radius 2 is 1.64 bits per heavy atom. The topological polar surface area (TPSA) is 276 Å². The molecule has 6 fully saturated rings. The number of aliphatic hydroxyl groups is 4. The molecule has 19 nitrogen and oxygen atoms in total. The molecule has 8 atom stereocenters. The van der Waals surface area contributed by atoms with Gasteiger partial charge in [-0.25, -0.2) is 4.79 Å². The number of rotatable bonds is 8. The molecular weight excluding hydrogens is 842 g/mol. The fourth-order valence-corrected chi connectivity index (χ4v) is 11.9. The number of phenolic OH excluding ortho intramolecular Hbond substituents is 2. The van der Waals surface area contributed by atoms with Crippen molar-refractivity contribution >= 4 is 23.4 Å². The summed E-state index contributed by atoms with van der Waals surface area (Å²) < 4.78 is 23.2. The summed E-state index contributed by atoms with van der Waals surface area (Å²) in [5, 5.41) is 69.9. The van der Waals surface area contributed by atoms with Crippen molar-refractivity contribution in [1.29, 1.82) is 0 Å². The Labute approximate surface area is 366 Å². The monoisotopic (exact) mass is 893 g/mol. The number of ketones is 3. The third-order valence-corrected chi connectivity index (χ3v) is 14.9. The smallest absolute Gasteiger partial charge is 0.407 e. The fraction of sp³-hybridized carbons (Fsp3) is 0.600. The third kappa shape index (κ3) is 6.69. The minimum absolute atomic E-state index is 0.0511. The van der Waals surface area contributed by atoms with Gasteiger partial charge in [0.25, 0.3) is 5.79 Å². The van der Waals surface area contributed by atoms with Gasteiger partial charge in [0, 0.05) is 59.8 Å². The molecule has 64 heavy (non-hydrogen) atoms. The highest BCUT2D eigenvalue weighted by Crippen LogP contribution is 2.63. The van der Waals surface area contributed by atoms with Gasteiger partial charge in [0.15, 0.2) is 17.9 Å². The van der Waals surface area contributed by atoms with Crippen LogP contribution in [0.25, 0.3) is 0 Å². The highest BCUT2D eigenvalue weighted by molar-refractivity contribution is 6.31. The first kappa shape index (κ1) is 43.4. The molecule has 4 unspecified atom stereocenters. The number of phenols is 2.